The van der Waals surface area contributed by atoms with Crippen LogP contribution >= 0.6 is 23.1 Å². The molecule has 1 aromatic carbocycles. The van der Waals surface area contributed by atoms with Crippen molar-refractivity contribution in [3.05, 3.63) is 53.5 Å². The molecule has 2 nitrogen and oxygen atoms in total. The van der Waals surface area contributed by atoms with Crippen LogP contribution in [0.5, 0.6) is 0 Å². The molecule has 114 valence electrons. The molecule has 3 heterocycles. The van der Waals surface area contributed by atoms with Crippen molar-refractivity contribution in [2.45, 2.75) is 25.0 Å². The predicted molar refractivity (Wildman–Crippen MR) is 89.4 cm³/mol. The molecule has 0 N–H and O–H groups in total. The molecule has 1 aliphatic rings. The van der Waals surface area contributed by atoms with Crippen molar-refractivity contribution in [1.29, 1.82) is 0 Å². The van der Waals surface area contributed by atoms with Crippen LogP contribution in [-0.2, 0) is 6.54 Å². The molecule has 0 unspecified atom stereocenters. The van der Waals surface area contributed by atoms with Gasteiger partial charge < -0.3 is 17.0 Å². The van der Waals surface area contributed by atoms with Gasteiger partial charge in [0, 0.05) is 5.75 Å². The van der Waals surface area contributed by atoms with E-state index in [2.05, 4.69) is 64.0 Å². The number of benzene rings is 1. The van der Waals surface area contributed by atoms with Gasteiger partial charge in [-0.05, 0) is 48.7 Å². The highest BCUT2D eigenvalue weighted by Crippen LogP contribution is 2.30. The van der Waals surface area contributed by atoms with Gasteiger partial charge in [0.15, 0.2) is 5.69 Å². The molecule has 0 saturated carbocycles. The first-order chi connectivity index (χ1) is 10.3. The number of rotatable bonds is 2. The predicted octanol–water partition coefficient (Wildman–Crippen LogP) is 1.30. The Hall–Kier alpha value is -1.04. The molecular weight excluding hydrogens is 376 g/mol. The number of halogens is 1. The summed E-state index contributed by atoms with van der Waals surface area (Å²) < 4.78 is 4.82. The lowest BCUT2D eigenvalue weighted by molar-refractivity contribution is -0.724. The van der Waals surface area contributed by atoms with E-state index in [4.69, 9.17) is 0 Å². The molecule has 0 atom stereocenters. The number of fused-ring (bicyclic) bond motifs is 1. The van der Waals surface area contributed by atoms with E-state index in [0.29, 0.717) is 0 Å². The van der Waals surface area contributed by atoms with Crippen LogP contribution in [0.1, 0.15) is 12.0 Å². The van der Waals surface area contributed by atoms with E-state index in [1.165, 1.54) is 39.2 Å². The van der Waals surface area contributed by atoms with Crippen molar-refractivity contribution in [3.8, 4) is 16.3 Å². The second-order valence-corrected chi connectivity index (χ2v) is 7.34. The first kappa shape index (κ1) is 15.8. The molecule has 0 bridgehead atoms. The summed E-state index contributed by atoms with van der Waals surface area (Å²) in [7, 11) is 0. The van der Waals surface area contributed by atoms with Crippen molar-refractivity contribution in [2.75, 3.05) is 5.75 Å². The Kier molecular flexibility index (Phi) is 4.76. The van der Waals surface area contributed by atoms with Gasteiger partial charge in [0.2, 0.25) is 0 Å². The average molecular weight is 393 g/mol. The third kappa shape index (κ3) is 2.77. The summed E-state index contributed by atoms with van der Waals surface area (Å²) >= 11 is 3.78. The van der Waals surface area contributed by atoms with E-state index < -0.39 is 0 Å². The number of thiophene rings is 1. The first-order valence-electron chi connectivity index (χ1n) is 7.22. The summed E-state index contributed by atoms with van der Waals surface area (Å²) in [5, 5.41) is 3.51. The fraction of sp³-hybridized carbons (Fsp3) is 0.235. The molecule has 4 rings (SSSR count). The second-order valence-electron chi connectivity index (χ2n) is 5.33. The Labute approximate surface area is 149 Å². The van der Waals surface area contributed by atoms with Crippen molar-refractivity contribution in [1.82, 2.24) is 4.57 Å². The minimum atomic E-state index is 0. The van der Waals surface area contributed by atoms with E-state index in [9.17, 15) is 0 Å². The number of hydrogen-bond donors (Lipinski definition) is 0. The van der Waals surface area contributed by atoms with Gasteiger partial charge in [0.05, 0.1) is 11.4 Å². The van der Waals surface area contributed by atoms with Gasteiger partial charge >= 0.3 is 5.16 Å². The van der Waals surface area contributed by atoms with Crippen LogP contribution in [0.3, 0.4) is 0 Å². The zero-order valence-corrected chi connectivity index (χ0v) is 15.5. The van der Waals surface area contributed by atoms with Gasteiger partial charge in [-0.1, -0.05) is 23.8 Å². The van der Waals surface area contributed by atoms with E-state index in [1.54, 1.807) is 0 Å². The van der Waals surface area contributed by atoms with Gasteiger partial charge in [-0.3, -0.25) is 0 Å². The Morgan fingerprint density at radius 3 is 2.68 bits per heavy atom. The molecule has 0 amide bonds. The Morgan fingerprint density at radius 2 is 1.95 bits per heavy atom. The fourth-order valence-electron chi connectivity index (χ4n) is 2.74. The van der Waals surface area contributed by atoms with Crippen molar-refractivity contribution in [2.24, 2.45) is 0 Å². The van der Waals surface area contributed by atoms with Crippen LogP contribution < -0.4 is 21.5 Å². The quantitative estimate of drug-likeness (QED) is 0.597. The van der Waals surface area contributed by atoms with E-state index in [0.717, 1.165) is 6.54 Å². The zero-order valence-electron chi connectivity index (χ0n) is 12.3. The molecule has 0 saturated heterocycles. The molecular formula is C17H17BrN2S2. The third-order valence-corrected chi connectivity index (χ3v) is 5.88. The van der Waals surface area contributed by atoms with Crippen LogP contribution in [0.15, 0.2) is 53.1 Å². The molecule has 0 radical (unpaired) electrons. The first-order valence-corrected chi connectivity index (χ1v) is 9.08. The topological polar surface area (TPSA) is 8.81 Å². The maximum absolute atomic E-state index is 2.47. The molecule has 5 heteroatoms. The minimum absolute atomic E-state index is 0. The number of imidazole rings is 1. The van der Waals surface area contributed by atoms with E-state index in [-0.39, 0.29) is 17.0 Å². The minimum Gasteiger partial charge on any atom is -1.00 e. The fourth-order valence-corrected chi connectivity index (χ4v) is 4.58. The number of aryl methyl sites for hydroxylation is 1. The summed E-state index contributed by atoms with van der Waals surface area (Å²) in [6.45, 7) is 3.25. The lowest BCUT2D eigenvalue weighted by Crippen LogP contribution is -3.00. The molecule has 0 aliphatic carbocycles. The van der Waals surface area contributed by atoms with Crippen LogP contribution in [0.25, 0.3) is 16.3 Å². The Balaban J connectivity index is 0.00000144. The van der Waals surface area contributed by atoms with E-state index >= 15 is 0 Å². The van der Waals surface area contributed by atoms with Crippen molar-refractivity contribution in [3.63, 3.8) is 0 Å². The van der Waals surface area contributed by atoms with Gasteiger partial charge in [-0.25, -0.2) is 4.57 Å². The molecule has 22 heavy (non-hydrogen) atoms. The monoisotopic (exact) mass is 392 g/mol. The molecule has 0 fully saturated rings. The number of thioether (sulfide) groups is 1. The van der Waals surface area contributed by atoms with Gasteiger partial charge in [-0.2, -0.15) is 4.57 Å². The highest BCUT2D eigenvalue weighted by atomic mass is 79.9. The van der Waals surface area contributed by atoms with Gasteiger partial charge in [-0.15, -0.1) is 11.3 Å². The Morgan fingerprint density at radius 1 is 1.14 bits per heavy atom. The second kappa shape index (κ2) is 6.60. The van der Waals surface area contributed by atoms with E-state index in [1.807, 2.05) is 23.1 Å². The molecule has 2 aromatic heterocycles. The van der Waals surface area contributed by atoms with Crippen molar-refractivity contribution >= 4 is 23.1 Å². The molecule has 0 spiro atoms. The number of nitrogens with zero attached hydrogens (tertiary/aromatic N) is 2. The summed E-state index contributed by atoms with van der Waals surface area (Å²) in [4.78, 5) is 1.35. The summed E-state index contributed by atoms with van der Waals surface area (Å²) in [6, 6.07) is 13.1. The van der Waals surface area contributed by atoms with Crippen molar-refractivity contribution < 1.29 is 21.5 Å². The third-order valence-electron chi connectivity index (χ3n) is 3.82. The largest absolute Gasteiger partial charge is 1.00 e. The highest BCUT2D eigenvalue weighted by molar-refractivity contribution is 7.99. The highest BCUT2D eigenvalue weighted by Gasteiger charge is 2.28. The number of hydrogen-bond acceptors (Lipinski definition) is 2. The SMILES string of the molecule is Cc1ccc(-n2cc(-c3cccs3)[n+]3c2SCCC3)cc1.[Br-]. The summed E-state index contributed by atoms with van der Waals surface area (Å²) in [6.07, 6.45) is 3.54. The maximum atomic E-state index is 2.47. The lowest BCUT2D eigenvalue weighted by atomic mass is 10.2. The van der Waals surface area contributed by atoms with Crippen LogP contribution in [0.4, 0.5) is 0 Å². The smallest absolute Gasteiger partial charge is 0.323 e. The molecule has 3 aromatic rings. The normalized spacial score (nSPS) is 13.5. The van der Waals surface area contributed by atoms with Crippen LogP contribution in [0.2, 0.25) is 0 Å². The summed E-state index contributed by atoms with van der Waals surface area (Å²) in [5.41, 5.74) is 3.90. The van der Waals surface area contributed by atoms with Gasteiger partial charge in [0.25, 0.3) is 0 Å². The maximum Gasteiger partial charge on any atom is 0.323 e. The molecule has 1 aliphatic heterocycles. The summed E-state index contributed by atoms with van der Waals surface area (Å²) in [5.74, 6) is 1.21. The van der Waals surface area contributed by atoms with Gasteiger partial charge in [0.1, 0.15) is 11.9 Å². The average Bonchev–Trinajstić information content (AvgIpc) is 3.15. The lowest BCUT2D eigenvalue weighted by Gasteiger charge is -2.10. The number of aromatic nitrogens is 2. The Bertz CT molecular complexity index is 761. The van der Waals surface area contributed by atoms with Crippen LogP contribution in [0, 0.1) is 6.92 Å². The zero-order chi connectivity index (χ0) is 14.2. The van der Waals surface area contributed by atoms with Crippen LogP contribution in [-0.4, -0.2) is 10.3 Å². The standard InChI is InChI=1S/C17H17N2S2.BrH/c1-13-5-7-14(8-6-13)19-12-15(16-4-2-10-20-16)18-9-3-11-21-17(18)19;/h2,4-8,10,12H,3,9,11H2,1H3;1H/q+1;/p-1.